The number of rotatable bonds is 4. The quantitative estimate of drug-likeness (QED) is 0.445. The Morgan fingerprint density at radius 3 is 2.29 bits per heavy atom. The summed E-state index contributed by atoms with van der Waals surface area (Å²) < 4.78 is 5.17. The molecule has 0 radical (unpaired) electrons. The number of allylic oxidation sites excluding steroid dienone is 1. The number of ether oxygens (including phenoxy) is 1. The first-order valence-corrected chi connectivity index (χ1v) is 5.90. The van der Waals surface area contributed by atoms with Gasteiger partial charge in [0, 0.05) is 6.92 Å². The van der Waals surface area contributed by atoms with E-state index in [1.807, 2.05) is 18.2 Å². The van der Waals surface area contributed by atoms with Crippen molar-refractivity contribution in [2.24, 2.45) is 0 Å². The first kappa shape index (κ1) is 13.5. The van der Waals surface area contributed by atoms with Gasteiger partial charge in [-0.25, -0.2) is 0 Å². The summed E-state index contributed by atoms with van der Waals surface area (Å²) in [5.41, 5.74) is 2.30. The fourth-order valence-corrected chi connectivity index (χ4v) is 1.60. The molecule has 0 aliphatic carbocycles. The van der Waals surface area contributed by atoms with Crippen molar-refractivity contribution in [3.63, 3.8) is 0 Å². The average molecular weight is 232 g/mol. The summed E-state index contributed by atoms with van der Waals surface area (Å²) in [5, 5.41) is 0. The molecular weight excluding hydrogens is 212 g/mol. The fraction of sp³-hybridized carbons (Fsp3) is 0.400. The predicted octanol–water partition coefficient (Wildman–Crippen LogP) is 4.02. The van der Waals surface area contributed by atoms with Gasteiger partial charge < -0.3 is 4.74 Å². The molecule has 1 rings (SSSR count). The maximum atomic E-state index is 11.0. The van der Waals surface area contributed by atoms with Crippen LogP contribution in [0.1, 0.15) is 50.7 Å². The molecule has 0 saturated heterocycles. The summed E-state index contributed by atoms with van der Waals surface area (Å²) in [6.45, 7) is 11.5. The van der Waals surface area contributed by atoms with E-state index in [2.05, 4.69) is 33.4 Å². The summed E-state index contributed by atoms with van der Waals surface area (Å²) in [5.74, 6) is 0.986. The van der Waals surface area contributed by atoms with Gasteiger partial charge in [0.05, 0.1) is 0 Å². The summed E-state index contributed by atoms with van der Waals surface area (Å²) in [7, 11) is 0. The van der Waals surface area contributed by atoms with Crippen molar-refractivity contribution >= 4 is 5.97 Å². The second kappa shape index (κ2) is 5.67. The van der Waals surface area contributed by atoms with Crippen LogP contribution >= 0.6 is 0 Å². The predicted molar refractivity (Wildman–Crippen MR) is 70.5 cm³/mol. The number of benzene rings is 1. The molecule has 2 heteroatoms. The van der Waals surface area contributed by atoms with Gasteiger partial charge in [-0.3, -0.25) is 4.79 Å². The van der Waals surface area contributed by atoms with Crippen LogP contribution in [-0.2, 0) is 4.79 Å². The molecule has 0 N–H and O–H groups in total. The Bertz CT molecular complexity index is 419. The fourth-order valence-electron chi connectivity index (χ4n) is 1.60. The average Bonchev–Trinajstić information content (AvgIpc) is 2.26. The number of carbonyl (C=O) groups is 1. The van der Waals surface area contributed by atoms with E-state index in [0.717, 1.165) is 5.56 Å². The molecule has 1 unspecified atom stereocenters. The topological polar surface area (TPSA) is 26.3 Å². The first-order valence-electron chi connectivity index (χ1n) is 5.90. The molecule has 92 valence electrons. The lowest BCUT2D eigenvalue weighted by atomic mass is 9.94. The molecule has 0 aromatic heterocycles. The highest BCUT2D eigenvalue weighted by atomic mass is 16.5. The highest BCUT2D eigenvalue weighted by Crippen LogP contribution is 2.27. The van der Waals surface area contributed by atoms with Gasteiger partial charge in [-0.15, -0.1) is 6.58 Å². The Morgan fingerprint density at radius 1 is 1.24 bits per heavy atom. The number of esters is 1. The standard InChI is InChI=1S/C15H20O2/c1-6-11(4)14-7-13(10(2)3)8-15(9-14)17-12(5)16/h6-11H,1H2,2-5H3. The lowest BCUT2D eigenvalue weighted by Crippen LogP contribution is -2.03. The number of hydrogen-bond donors (Lipinski definition) is 0. The molecule has 0 aliphatic rings. The molecule has 2 nitrogen and oxygen atoms in total. The molecule has 1 aromatic rings. The van der Waals surface area contributed by atoms with E-state index in [-0.39, 0.29) is 11.9 Å². The molecule has 0 fully saturated rings. The Hall–Kier alpha value is -1.57. The molecule has 1 aromatic carbocycles. The molecule has 0 saturated carbocycles. The second-order valence-corrected chi connectivity index (χ2v) is 4.61. The van der Waals surface area contributed by atoms with Crippen LogP contribution in [0.4, 0.5) is 0 Å². The minimum atomic E-state index is -0.289. The van der Waals surface area contributed by atoms with E-state index >= 15 is 0 Å². The zero-order valence-corrected chi connectivity index (χ0v) is 11.0. The van der Waals surface area contributed by atoms with Crippen molar-refractivity contribution in [3.8, 4) is 5.75 Å². The summed E-state index contributed by atoms with van der Waals surface area (Å²) in [4.78, 5) is 11.0. The van der Waals surface area contributed by atoms with E-state index < -0.39 is 0 Å². The van der Waals surface area contributed by atoms with Crippen LogP contribution in [0.25, 0.3) is 0 Å². The zero-order chi connectivity index (χ0) is 13.0. The van der Waals surface area contributed by atoms with Crippen molar-refractivity contribution in [2.45, 2.75) is 39.5 Å². The Morgan fingerprint density at radius 2 is 1.82 bits per heavy atom. The Kier molecular flexibility index (Phi) is 4.50. The Balaban J connectivity index is 3.17. The maximum Gasteiger partial charge on any atom is 0.308 e. The van der Waals surface area contributed by atoms with Crippen LogP contribution in [0.2, 0.25) is 0 Å². The van der Waals surface area contributed by atoms with Crippen LogP contribution in [0.15, 0.2) is 30.9 Å². The normalized spacial score (nSPS) is 12.3. The highest BCUT2D eigenvalue weighted by molar-refractivity contribution is 5.69. The maximum absolute atomic E-state index is 11.0. The molecule has 17 heavy (non-hydrogen) atoms. The van der Waals surface area contributed by atoms with Crippen molar-refractivity contribution in [1.29, 1.82) is 0 Å². The van der Waals surface area contributed by atoms with Crippen molar-refractivity contribution in [3.05, 3.63) is 42.0 Å². The molecule has 0 amide bonds. The van der Waals surface area contributed by atoms with E-state index in [9.17, 15) is 4.79 Å². The summed E-state index contributed by atoms with van der Waals surface area (Å²) in [6, 6.07) is 5.97. The van der Waals surface area contributed by atoms with Crippen LogP contribution in [-0.4, -0.2) is 5.97 Å². The van der Waals surface area contributed by atoms with Gasteiger partial charge in [0.15, 0.2) is 0 Å². The minimum Gasteiger partial charge on any atom is -0.427 e. The largest absolute Gasteiger partial charge is 0.427 e. The monoisotopic (exact) mass is 232 g/mol. The molecule has 0 heterocycles. The molecule has 0 aliphatic heterocycles. The first-order chi connectivity index (χ1) is 7.93. The summed E-state index contributed by atoms with van der Waals surface area (Å²) >= 11 is 0. The minimum absolute atomic E-state index is 0.253. The van der Waals surface area contributed by atoms with E-state index in [0.29, 0.717) is 11.7 Å². The third kappa shape index (κ3) is 3.74. The lowest BCUT2D eigenvalue weighted by molar-refractivity contribution is -0.131. The van der Waals surface area contributed by atoms with Gasteiger partial charge in [0.2, 0.25) is 0 Å². The van der Waals surface area contributed by atoms with Gasteiger partial charge in [-0.1, -0.05) is 32.9 Å². The second-order valence-electron chi connectivity index (χ2n) is 4.61. The lowest BCUT2D eigenvalue weighted by Gasteiger charge is -2.14. The van der Waals surface area contributed by atoms with Crippen LogP contribution in [0, 0.1) is 0 Å². The molecule has 0 bridgehead atoms. The van der Waals surface area contributed by atoms with Crippen molar-refractivity contribution < 1.29 is 9.53 Å². The summed E-state index contributed by atoms with van der Waals surface area (Å²) in [6.07, 6.45) is 1.89. The van der Waals surface area contributed by atoms with E-state index in [4.69, 9.17) is 4.74 Å². The number of hydrogen-bond acceptors (Lipinski definition) is 2. The Labute approximate surface area is 103 Å². The highest BCUT2D eigenvalue weighted by Gasteiger charge is 2.09. The third-order valence-corrected chi connectivity index (χ3v) is 2.76. The molecular formula is C15H20O2. The third-order valence-electron chi connectivity index (χ3n) is 2.76. The van der Waals surface area contributed by atoms with Crippen molar-refractivity contribution in [1.82, 2.24) is 0 Å². The molecule has 1 atom stereocenters. The van der Waals surface area contributed by atoms with Crippen LogP contribution < -0.4 is 4.74 Å². The van der Waals surface area contributed by atoms with Crippen LogP contribution in [0.5, 0.6) is 5.75 Å². The van der Waals surface area contributed by atoms with E-state index in [1.54, 1.807) is 0 Å². The molecule has 0 spiro atoms. The van der Waals surface area contributed by atoms with Gasteiger partial charge in [0.25, 0.3) is 0 Å². The van der Waals surface area contributed by atoms with Gasteiger partial charge >= 0.3 is 5.97 Å². The SMILES string of the molecule is C=CC(C)c1cc(OC(C)=O)cc(C(C)C)c1. The number of carbonyl (C=O) groups excluding carboxylic acids is 1. The van der Waals surface area contributed by atoms with Gasteiger partial charge in [-0.2, -0.15) is 0 Å². The van der Waals surface area contributed by atoms with Crippen molar-refractivity contribution in [2.75, 3.05) is 0 Å². The van der Waals surface area contributed by atoms with Gasteiger partial charge in [-0.05, 0) is 35.1 Å². The van der Waals surface area contributed by atoms with Gasteiger partial charge in [0.1, 0.15) is 5.75 Å². The smallest absolute Gasteiger partial charge is 0.308 e. The van der Waals surface area contributed by atoms with Crippen LogP contribution in [0.3, 0.4) is 0 Å². The van der Waals surface area contributed by atoms with E-state index in [1.165, 1.54) is 12.5 Å². The zero-order valence-electron chi connectivity index (χ0n) is 11.0.